The van der Waals surface area contributed by atoms with Crippen molar-refractivity contribution in [2.75, 3.05) is 0 Å². The lowest BCUT2D eigenvalue weighted by Gasteiger charge is -2.00. The highest BCUT2D eigenvalue weighted by Gasteiger charge is 2.36. The van der Waals surface area contributed by atoms with Crippen LogP contribution in [-0.4, -0.2) is 28.7 Å². The van der Waals surface area contributed by atoms with Gasteiger partial charge >= 0.3 is 0 Å². The number of furan rings is 4. The second-order valence-electron chi connectivity index (χ2n) is 25.5. The van der Waals surface area contributed by atoms with Gasteiger partial charge in [0.25, 0.3) is 0 Å². The minimum absolute atomic E-state index is 0.640. The third-order valence-corrected chi connectivity index (χ3v) is 20.0. The zero-order chi connectivity index (χ0) is 66.2. The van der Waals surface area contributed by atoms with E-state index in [1.54, 1.807) is 12.4 Å². The Kier molecular flexibility index (Phi) is 11.3. The van der Waals surface area contributed by atoms with Gasteiger partial charge in [0.1, 0.15) is 55.8 Å². The van der Waals surface area contributed by atoms with Gasteiger partial charge in [-0.1, -0.05) is 84.9 Å². The molecule has 0 fully saturated rings. The Morgan fingerprint density at radius 3 is 1.19 bits per heavy atom. The van der Waals surface area contributed by atoms with Crippen LogP contribution in [0, 0.1) is 26.3 Å². The third-order valence-electron chi connectivity index (χ3n) is 20.0. The van der Waals surface area contributed by atoms with Gasteiger partial charge in [0.05, 0.1) is 59.0 Å². The highest BCUT2D eigenvalue weighted by molar-refractivity contribution is 6.10. The van der Waals surface area contributed by atoms with Gasteiger partial charge in [-0.15, -0.1) is 37.5 Å². The molecule has 10 aromatic carbocycles. The second kappa shape index (κ2) is 20.5. The molecule has 0 N–H and O–H groups in total. The Labute approximate surface area is 564 Å². The van der Waals surface area contributed by atoms with E-state index in [0.717, 1.165) is 169 Å². The lowest BCUT2D eigenvalue weighted by atomic mass is 10.1. The average Bonchev–Trinajstić information content (AvgIpc) is 1.58. The van der Waals surface area contributed by atoms with Crippen LogP contribution in [-0.2, 0) is 26.2 Å². The molecular weight excluding hydrogens is 1240 g/mol. The molecule has 18 nitrogen and oxygen atoms in total. The van der Waals surface area contributed by atoms with Gasteiger partial charge in [-0.05, 0) is 97.1 Å². The molecule has 20 aromatic rings. The molecule has 100 heavy (non-hydrogen) atoms. The fourth-order valence-corrected chi connectivity index (χ4v) is 15.6. The first-order chi connectivity index (χ1) is 49.3. The van der Waals surface area contributed by atoms with Crippen molar-refractivity contribution in [3.05, 3.63) is 299 Å². The zero-order valence-corrected chi connectivity index (χ0v) is 52.7. The number of fused-ring (bicyclic) bond motifs is 34. The zero-order valence-electron chi connectivity index (χ0n) is 52.7. The molecule has 0 spiro atoms. The number of nitrogens with zero attached hydrogens (tertiary/aromatic N) is 14. The fraction of sp³-hybridized carbons (Fsp3) is 0.0488. The number of pyridine rings is 2. The summed E-state index contributed by atoms with van der Waals surface area (Å²) in [5.74, 6) is 0. The summed E-state index contributed by atoms with van der Waals surface area (Å²) in [7, 11) is 0. The SMILES string of the molecule is [C-]#[N+]c1ccc2c[n+]3n(c2c1)-c1c(ccc2c1oc1ccccc12)C3.[C-]#[N+]c1ccc2c[n+]3n(c2c1)-c1c(ccc2c1oc1ncccc12)C3.[C-]#[N+]c1ccc2c[n+]3n(c2c1)-c1cc2oc4ccccc4c2cc1C3.[C-]#[N+]c1ccc2c[n+]3n(c2c1)-c1cc2oc4ncccc4c2cc1C3. The molecule has 0 atom stereocenters. The van der Waals surface area contributed by atoms with E-state index in [4.69, 9.17) is 44.0 Å². The number of hydrogen-bond acceptors (Lipinski definition) is 6. The van der Waals surface area contributed by atoms with E-state index in [0.29, 0.717) is 34.2 Å². The predicted molar refractivity (Wildman–Crippen MR) is 380 cm³/mol. The molecule has 0 radical (unpaired) electrons. The highest BCUT2D eigenvalue weighted by Crippen LogP contribution is 2.42. The van der Waals surface area contributed by atoms with E-state index in [-0.39, 0.29) is 0 Å². The van der Waals surface area contributed by atoms with E-state index in [1.807, 2.05) is 133 Å². The molecule has 24 rings (SSSR count). The third kappa shape index (κ3) is 7.95. The molecule has 0 unspecified atom stereocenters. The van der Waals surface area contributed by atoms with Crippen molar-refractivity contribution in [2.45, 2.75) is 26.2 Å². The van der Waals surface area contributed by atoms with Crippen molar-refractivity contribution in [1.82, 2.24) is 28.7 Å². The van der Waals surface area contributed by atoms with Gasteiger partial charge in [-0.3, -0.25) is 0 Å². The first-order valence-corrected chi connectivity index (χ1v) is 32.5. The Morgan fingerprint density at radius 2 is 0.690 bits per heavy atom. The maximum absolute atomic E-state index is 7.31. The molecule has 0 saturated carbocycles. The summed E-state index contributed by atoms with van der Waals surface area (Å²) >= 11 is 0. The van der Waals surface area contributed by atoms with Gasteiger partial charge in [0.15, 0.2) is 71.5 Å². The summed E-state index contributed by atoms with van der Waals surface area (Å²) in [5, 5.41) is 13.3. The van der Waals surface area contributed by atoms with Crippen molar-refractivity contribution in [2.24, 2.45) is 0 Å². The van der Waals surface area contributed by atoms with Gasteiger partial charge in [-0.2, -0.15) is 0 Å². The first-order valence-electron chi connectivity index (χ1n) is 32.5. The first kappa shape index (κ1) is 54.9. The van der Waals surface area contributed by atoms with Gasteiger partial charge < -0.3 is 17.7 Å². The normalized spacial score (nSPS) is 12.6. The minimum Gasteiger partial charge on any atom is -0.456 e. The van der Waals surface area contributed by atoms with E-state index in [9.17, 15) is 0 Å². The van der Waals surface area contributed by atoms with Gasteiger partial charge in [-0.25, -0.2) is 29.3 Å². The van der Waals surface area contributed by atoms with Crippen LogP contribution < -0.4 is 18.7 Å². The molecule has 0 aliphatic carbocycles. The van der Waals surface area contributed by atoms with Crippen LogP contribution in [0.25, 0.3) is 174 Å². The van der Waals surface area contributed by atoms with Crippen molar-refractivity contribution in [3.8, 4) is 22.7 Å². The van der Waals surface area contributed by atoms with Crippen LogP contribution in [0.4, 0.5) is 22.7 Å². The summed E-state index contributed by atoms with van der Waals surface area (Å²) in [4.78, 5) is 23.0. The minimum atomic E-state index is 0.640. The van der Waals surface area contributed by atoms with Crippen LogP contribution in [0.2, 0.25) is 0 Å². The van der Waals surface area contributed by atoms with E-state index in [1.165, 1.54) is 22.3 Å². The van der Waals surface area contributed by atoms with Crippen LogP contribution in [0.3, 0.4) is 0 Å². The summed E-state index contributed by atoms with van der Waals surface area (Å²) in [6, 6.07) is 64.8. The Morgan fingerprint density at radius 1 is 0.310 bits per heavy atom. The van der Waals surface area contributed by atoms with E-state index >= 15 is 0 Å². The van der Waals surface area contributed by atoms with Crippen LogP contribution in [0.5, 0.6) is 0 Å². The lowest BCUT2D eigenvalue weighted by Crippen LogP contribution is -2.36. The van der Waals surface area contributed by atoms with E-state index < -0.39 is 0 Å². The summed E-state index contributed by atoms with van der Waals surface area (Å²) in [5.41, 5.74) is 22.7. The molecule has 18 heteroatoms. The monoisotopic (exact) mass is 1290 g/mol. The molecule has 0 amide bonds. The van der Waals surface area contributed by atoms with Crippen molar-refractivity contribution >= 4 is 154 Å². The standard InChI is InChI=1S/2C21H12N3O.2C20H11N4O/c1-22-15-8-6-13-11-23-12-14-7-9-17-16-4-2-3-5-19(16)25-21(17)20(14)24(23)18(13)10-15;1-22-15-7-6-13-11-23-12-14-8-17-16-4-2-3-5-20(16)25-21(17)10-19(14)24(23)18(13)9-15;1-21-14-6-4-12-10-23-11-13-5-7-15-16-3-2-8-22-20(16)25-19(15)18(13)24(23)17(12)9-14;1-21-14-5-4-12-10-23-11-13-7-16-15-3-2-6-22-20(15)25-19(16)9-18(13)24(23)17(12)8-14/h2*2-11H,12H2;2*2-10H,11H2/q4*+1. The molecule has 0 bridgehead atoms. The summed E-state index contributed by atoms with van der Waals surface area (Å²) in [6.45, 7) is 32.4. The van der Waals surface area contributed by atoms with Crippen molar-refractivity contribution < 1.29 is 36.4 Å². The van der Waals surface area contributed by atoms with Crippen LogP contribution >= 0.6 is 0 Å². The predicted octanol–water partition coefficient (Wildman–Crippen LogP) is 17.7. The molecule has 4 aliphatic rings. The lowest BCUT2D eigenvalue weighted by molar-refractivity contribution is -0.749. The number of benzene rings is 10. The highest BCUT2D eigenvalue weighted by atomic mass is 16.3. The molecular formula is C82H46N14O4+4. The summed E-state index contributed by atoms with van der Waals surface area (Å²) < 4.78 is 41.8. The largest absolute Gasteiger partial charge is 0.456 e. The maximum Gasteiger partial charge on any atom is 0.227 e. The average molecular weight is 1290 g/mol. The topological polar surface area (TPSA) is 131 Å². The van der Waals surface area contributed by atoms with Crippen LogP contribution in [0.1, 0.15) is 22.3 Å². The number of hydrogen-bond donors (Lipinski definition) is 0. The Hall–Kier alpha value is -14.5. The number of para-hydroxylation sites is 2. The fourth-order valence-electron chi connectivity index (χ4n) is 15.6. The second-order valence-corrected chi connectivity index (χ2v) is 25.5. The van der Waals surface area contributed by atoms with Crippen LogP contribution in [0.15, 0.2) is 249 Å². The van der Waals surface area contributed by atoms with E-state index in [2.05, 4.69) is 152 Å². The summed E-state index contributed by atoms with van der Waals surface area (Å²) in [6.07, 6.45) is 12.0. The molecule has 4 aliphatic heterocycles. The number of rotatable bonds is 0. The molecule has 10 aromatic heterocycles. The van der Waals surface area contributed by atoms with Gasteiger partial charge in [0.2, 0.25) is 36.2 Å². The van der Waals surface area contributed by atoms with Crippen molar-refractivity contribution in [3.63, 3.8) is 0 Å². The number of aromatic nitrogens is 10. The molecule has 464 valence electrons. The smallest absolute Gasteiger partial charge is 0.227 e. The Balaban J connectivity index is 0.0000000873. The quantitative estimate of drug-likeness (QED) is 0.110. The molecule has 14 heterocycles. The maximum atomic E-state index is 7.31. The Bertz CT molecular complexity index is 6830. The molecule has 0 saturated heterocycles. The van der Waals surface area contributed by atoms with Crippen molar-refractivity contribution in [1.29, 1.82) is 0 Å². The van der Waals surface area contributed by atoms with Gasteiger partial charge in [0, 0.05) is 78.7 Å².